The smallest absolute Gasteiger partial charge is 0.0346 e. The van der Waals surface area contributed by atoms with Crippen LogP contribution in [0.5, 0.6) is 0 Å². The summed E-state index contributed by atoms with van der Waals surface area (Å²) in [5.74, 6) is 0.727. The first-order valence-electron chi connectivity index (χ1n) is 8.14. The standard InChI is InChI=1S/C18H26N2S/c1-14(2)11-20(16-7-9-19-10-8-16)12-15-13-21-18-6-4-3-5-17(15)18/h3-6,13-14,16,19H,7-12H2,1-2H3. The number of nitrogens with zero attached hydrogens (tertiary/aromatic N) is 1. The molecular weight excluding hydrogens is 276 g/mol. The van der Waals surface area contributed by atoms with Gasteiger partial charge in [0.25, 0.3) is 0 Å². The lowest BCUT2D eigenvalue weighted by Gasteiger charge is -2.35. The number of piperidine rings is 1. The van der Waals surface area contributed by atoms with E-state index in [9.17, 15) is 0 Å². The molecule has 0 aliphatic carbocycles. The lowest BCUT2D eigenvalue weighted by atomic mass is 10.0. The molecule has 1 N–H and O–H groups in total. The quantitative estimate of drug-likeness (QED) is 0.894. The predicted molar refractivity (Wildman–Crippen MR) is 93.0 cm³/mol. The van der Waals surface area contributed by atoms with Crippen LogP contribution in [0, 0.1) is 5.92 Å². The van der Waals surface area contributed by atoms with Gasteiger partial charge in [-0.15, -0.1) is 11.3 Å². The summed E-state index contributed by atoms with van der Waals surface area (Å²) in [6.45, 7) is 9.31. The monoisotopic (exact) mass is 302 g/mol. The van der Waals surface area contributed by atoms with Gasteiger partial charge in [-0.3, -0.25) is 4.90 Å². The highest BCUT2D eigenvalue weighted by atomic mass is 32.1. The first-order valence-corrected chi connectivity index (χ1v) is 9.02. The van der Waals surface area contributed by atoms with E-state index in [1.807, 2.05) is 11.3 Å². The summed E-state index contributed by atoms with van der Waals surface area (Å²) in [4.78, 5) is 2.72. The fraction of sp³-hybridized carbons (Fsp3) is 0.556. The van der Waals surface area contributed by atoms with Crippen LogP contribution in [0.1, 0.15) is 32.3 Å². The Morgan fingerprint density at radius 1 is 1.24 bits per heavy atom. The fourth-order valence-electron chi connectivity index (χ4n) is 3.36. The Morgan fingerprint density at radius 3 is 2.76 bits per heavy atom. The minimum absolute atomic E-state index is 0.727. The maximum absolute atomic E-state index is 3.49. The number of benzene rings is 1. The van der Waals surface area contributed by atoms with E-state index in [2.05, 4.69) is 53.7 Å². The van der Waals surface area contributed by atoms with Crippen molar-refractivity contribution >= 4 is 21.4 Å². The molecule has 0 radical (unpaired) electrons. The summed E-state index contributed by atoms with van der Waals surface area (Å²) < 4.78 is 1.42. The third kappa shape index (κ3) is 3.65. The minimum Gasteiger partial charge on any atom is -0.317 e. The molecule has 0 spiro atoms. The Labute approximate surface area is 132 Å². The lowest BCUT2D eigenvalue weighted by Crippen LogP contribution is -2.44. The SMILES string of the molecule is CC(C)CN(Cc1csc2ccccc12)C1CCNCC1. The van der Waals surface area contributed by atoms with E-state index in [1.54, 1.807) is 0 Å². The molecule has 3 heteroatoms. The average Bonchev–Trinajstić information content (AvgIpc) is 2.90. The van der Waals surface area contributed by atoms with Crippen molar-refractivity contribution in [2.75, 3.05) is 19.6 Å². The highest BCUT2D eigenvalue weighted by Gasteiger charge is 2.22. The fourth-order valence-corrected chi connectivity index (χ4v) is 4.31. The molecule has 2 heterocycles. The summed E-state index contributed by atoms with van der Waals surface area (Å²) in [6, 6.07) is 9.56. The summed E-state index contributed by atoms with van der Waals surface area (Å²) in [5, 5.41) is 7.30. The van der Waals surface area contributed by atoms with Gasteiger partial charge in [-0.25, -0.2) is 0 Å². The highest BCUT2D eigenvalue weighted by molar-refractivity contribution is 7.17. The summed E-state index contributed by atoms with van der Waals surface area (Å²) in [7, 11) is 0. The van der Waals surface area contributed by atoms with Gasteiger partial charge < -0.3 is 5.32 Å². The van der Waals surface area contributed by atoms with Crippen molar-refractivity contribution in [3.63, 3.8) is 0 Å². The third-order valence-electron chi connectivity index (χ3n) is 4.36. The van der Waals surface area contributed by atoms with Gasteiger partial charge in [0.15, 0.2) is 0 Å². The van der Waals surface area contributed by atoms with Crippen LogP contribution in [-0.4, -0.2) is 30.6 Å². The van der Waals surface area contributed by atoms with Crippen molar-refractivity contribution in [3.05, 3.63) is 35.2 Å². The maximum Gasteiger partial charge on any atom is 0.0346 e. The topological polar surface area (TPSA) is 15.3 Å². The second-order valence-corrected chi connectivity index (χ2v) is 7.47. The average molecular weight is 302 g/mol. The van der Waals surface area contributed by atoms with Gasteiger partial charge in [-0.05, 0) is 54.2 Å². The predicted octanol–water partition coefficient (Wildman–Crippen LogP) is 4.11. The van der Waals surface area contributed by atoms with Gasteiger partial charge in [-0.1, -0.05) is 32.0 Å². The van der Waals surface area contributed by atoms with Crippen LogP contribution in [-0.2, 0) is 6.54 Å². The molecule has 0 amide bonds. The molecule has 114 valence electrons. The molecule has 0 saturated carbocycles. The second kappa shape index (κ2) is 6.91. The molecule has 2 nitrogen and oxygen atoms in total. The Balaban J connectivity index is 1.79. The molecule has 1 aliphatic heterocycles. The molecule has 3 rings (SSSR count). The van der Waals surface area contributed by atoms with Crippen molar-refractivity contribution in [3.8, 4) is 0 Å². The highest BCUT2D eigenvalue weighted by Crippen LogP contribution is 2.28. The Hall–Kier alpha value is -0.900. The van der Waals surface area contributed by atoms with E-state index in [1.165, 1.54) is 48.1 Å². The van der Waals surface area contributed by atoms with E-state index in [0.29, 0.717) is 0 Å². The number of thiophene rings is 1. The van der Waals surface area contributed by atoms with Gasteiger partial charge in [0.2, 0.25) is 0 Å². The number of hydrogen-bond acceptors (Lipinski definition) is 3. The van der Waals surface area contributed by atoms with Crippen molar-refractivity contribution in [1.82, 2.24) is 10.2 Å². The molecular formula is C18H26N2S. The molecule has 0 atom stereocenters. The number of hydrogen-bond donors (Lipinski definition) is 1. The number of fused-ring (bicyclic) bond motifs is 1. The Kier molecular flexibility index (Phi) is 4.94. The zero-order valence-corrected chi connectivity index (χ0v) is 14.0. The van der Waals surface area contributed by atoms with Gasteiger partial charge >= 0.3 is 0 Å². The van der Waals surface area contributed by atoms with Crippen molar-refractivity contribution < 1.29 is 0 Å². The molecule has 1 aromatic carbocycles. The zero-order chi connectivity index (χ0) is 14.7. The molecule has 2 aromatic rings. The molecule has 0 bridgehead atoms. The van der Waals surface area contributed by atoms with Gasteiger partial charge in [0.1, 0.15) is 0 Å². The zero-order valence-electron chi connectivity index (χ0n) is 13.1. The first-order chi connectivity index (χ1) is 10.2. The summed E-state index contributed by atoms with van der Waals surface area (Å²) in [6.07, 6.45) is 2.57. The Bertz CT molecular complexity index is 569. The molecule has 1 fully saturated rings. The number of rotatable bonds is 5. The molecule has 21 heavy (non-hydrogen) atoms. The maximum atomic E-state index is 3.49. The van der Waals surface area contributed by atoms with Crippen LogP contribution in [0.3, 0.4) is 0 Å². The van der Waals surface area contributed by atoms with Crippen LogP contribution >= 0.6 is 11.3 Å². The molecule has 1 saturated heterocycles. The van der Waals surface area contributed by atoms with Crippen LogP contribution < -0.4 is 5.32 Å². The second-order valence-electron chi connectivity index (χ2n) is 6.56. The lowest BCUT2D eigenvalue weighted by molar-refractivity contribution is 0.138. The van der Waals surface area contributed by atoms with E-state index in [0.717, 1.165) is 18.5 Å². The van der Waals surface area contributed by atoms with Crippen LogP contribution in [0.2, 0.25) is 0 Å². The Morgan fingerprint density at radius 2 is 2.00 bits per heavy atom. The first kappa shape index (κ1) is 15.0. The van der Waals surface area contributed by atoms with Crippen LogP contribution in [0.4, 0.5) is 0 Å². The van der Waals surface area contributed by atoms with E-state index < -0.39 is 0 Å². The van der Waals surface area contributed by atoms with Crippen LogP contribution in [0.15, 0.2) is 29.6 Å². The number of nitrogens with one attached hydrogen (secondary N) is 1. The third-order valence-corrected chi connectivity index (χ3v) is 5.37. The van der Waals surface area contributed by atoms with Gasteiger partial charge in [-0.2, -0.15) is 0 Å². The summed E-state index contributed by atoms with van der Waals surface area (Å²) >= 11 is 1.88. The summed E-state index contributed by atoms with van der Waals surface area (Å²) in [5.41, 5.74) is 1.51. The van der Waals surface area contributed by atoms with E-state index in [-0.39, 0.29) is 0 Å². The normalized spacial score (nSPS) is 17.1. The van der Waals surface area contributed by atoms with Gasteiger partial charge in [0.05, 0.1) is 0 Å². The van der Waals surface area contributed by atoms with Gasteiger partial charge in [0, 0.05) is 23.8 Å². The molecule has 1 aromatic heterocycles. The van der Waals surface area contributed by atoms with Crippen molar-refractivity contribution in [2.24, 2.45) is 5.92 Å². The van der Waals surface area contributed by atoms with Crippen molar-refractivity contribution in [2.45, 2.75) is 39.3 Å². The molecule has 1 aliphatic rings. The van der Waals surface area contributed by atoms with E-state index >= 15 is 0 Å². The largest absolute Gasteiger partial charge is 0.317 e. The van der Waals surface area contributed by atoms with Crippen LogP contribution in [0.25, 0.3) is 10.1 Å². The minimum atomic E-state index is 0.727. The molecule has 0 unspecified atom stereocenters. The van der Waals surface area contributed by atoms with Crippen molar-refractivity contribution in [1.29, 1.82) is 0 Å². The van der Waals surface area contributed by atoms with E-state index in [4.69, 9.17) is 0 Å².